The van der Waals surface area contributed by atoms with Crippen LogP contribution < -0.4 is 5.73 Å². The van der Waals surface area contributed by atoms with Gasteiger partial charge in [-0.25, -0.2) is 4.79 Å². The molecule has 0 bridgehead atoms. The molecule has 4 N–H and O–H groups in total. The van der Waals surface area contributed by atoms with Crippen molar-refractivity contribution in [2.45, 2.75) is 6.42 Å². The van der Waals surface area contributed by atoms with Gasteiger partial charge >= 0.3 is 5.97 Å². The molecule has 122 valence electrons. The smallest absolute Gasteiger partial charge is 0.338 e. The van der Waals surface area contributed by atoms with E-state index >= 15 is 0 Å². The van der Waals surface area contributed by atoms with E-state index in [-0.39, 0.29) is 18.3 Å². The number of phenolic OH excluding ortho intramolecular Hbond substituents is 1. The van der Waals surface area contributed by atoms with E-state index in [4.69, 9.17) is 10.5 Å². The van der Waals surface area contributed by atoms with Gasteiger partial charge in [-0.1, -0.05) is 24.3 Å². The van der Waals surface area contributed by atoms with E-state index in [1.165, 1.54) is 13.2 Å². The summed E-state index contributed by atoms with van der Waals surface area (Å²) in [5.41, 5.74) is 8.55. The Hall–Kier alpha value is -2.37. The lowest BCUT2D eigenvalue weighted by molar-refractivity contribution is 0.0600. The Morgan fingerprint density at radius 1 is 1.22 bits per heavy atom. The molecule has 0 amide bonds. The molecule has 0 aliphatic rings. The van der Waals surface area contributed by atoms with Crippen LogP contribution in [-0.2, 0) is 11.2 Å². The Morgan fingerprint density at radius 2 is 2.00 bits per heavy atom. The number of carbonyl (C=O) groups is 1. The predicted molar refractivity (Wildman–Crippen MR) is 88.2 cm³/mol. The Balaban J connectivity index is 2.35. The van der Waals surface area contributed by atoms with Crippen LogP contribution in [0.3, 0.4) is 0 Å². The maximum atomic E-state index is 11.7. The number of hydrogen-bond donors (Lipinski definition) is 3. The van der Waals surface area contributed by atoms with Crippen LogP contribution in [0, 0.1) is 5.92 Å². The van der Waals surface area contributed by atoms with Gasteiger partial charge in [0.05, 0.1) is 12.7 Å². The first-order valence-corrected chi connectivity index (χ1v) is 7.40. The summed E-state index contributed by atoms with van der Waals surface area (Å²) in [6, 6.07) is 12.4. The van der Waals surface area contributed by atoms with Gasteiger partial charge in [-0.15, -0.1) is 0 Å². The molecule has 23 heavy (non-hydrogen) atoms. The highest BCUT2D eigenvalue weighted by Crippen LogP contribution is 2.27. The molecule has 0 heterocycles. The summed E-state index contributed by atoms with van der Waals surface area (Å²) in [7, 11) is 1.30. The predicted octanol–water partition coefficient (Wildman–Crippen LogP) is 1.96. The van der Waals surface area contributed by atoms with Crippen LogP contribution in [0.5, 0.6) is 5.75 Å². The molecule has 1 atom stereocenters. The summed E-state index contributed by atoms with van der Waals surface area (Å²) in [4.78, 5) is 11.7. The number of aromatic hydroxyl groups is 1. The van der Waals surface area contributed by atoms with Crippen LogP contribution in [0.2, 0.25) is 0 Å². The number of nitrogens with two attached hydrogens (primary N) is 1. The van der Waals surface area contributed by atoms with Crippen molar-refractivity contribution >= 4 is 5.97 Å². The minimum absolute atomic E-state index is 0.00324. The standard InChI is InChI=1S/C18H21NO4/c1-23-18(22)16-7-15(8-17(21)9-16)14-4-2-3-12(6-14)5-13(10-19)11-20/h2-4,6-9,13,20-21H,5,10-11,19H2,1H3. The number of aliphatic hydroxyl groups is 1. The summed E-state index contributed by atoms with van der Waals surface area (Å²) in [5, 5.41) is 19.1. The number of esters is 1. The number of aliphatic hydroxyl groups excluding tert-OH is 1. The van der Waals surface area contributed by atoms with E-state index in [2.05, 4.69) is 0 Å². The van der Waals surface area contributed by atoms with Crippen LogP contribution >= 0.6 is 0 Å². The van der Waals surface area contributed by atoms with E-state index in [0.29, 0.717) is 18.5 Å². The molecule has 0 fully saturated rings. The van der Waals surface area contributed by atoms with Crippen LogP contribution in [0.4, 0.5) is 0 Å². The van der Waals surface area contributed by atoms with E-state index in [0.717, 1.165) is 16.7 Å². The van der Waals surface area contributed by atoms with E-state index in [1.807, 2.05) is 24.3 Å². The Bertz CT molecular complexity index is 680. The van der Waals surface area contributed by atoms with Gasteiger partial charge in [-0.05, 0) is 53.8 Å². The van der Waals surface area contributed by atoms with E-state index in [1.54, 1.807) is 12.1 Å². The van der Waals surface area contributed by atoms with Crippen molar-refractivity contribution in [2.24, 2.45) is 11.7 Å². The molecule has 0 spiro atoms. The number of rotatable bonds is 6. The molecule has 0 aromatic heterocycles. The van der Waals surface area contributed by atoms with Crippen LogP contribution in [0.1, 0.15) is 15.9 Å². The van der Waals surface area contributed by atoms with Crippen molar-refractivity contribution in [3.05, 3.63) is 53.6 Å². The highest BCUT2D eigenvalue weighted by Gasteiger charge is 2.11. The van der Waals surface area contributed by atoms with Gasteiger partial charge in [0.15, 0.2) is 0 Å². The van der Waals surface area contributed by atoms with Crippen molar-refractivity contribution in [3.8, 4) is 16.9 Å². The van der Waals surface area contributed by atoms with Gasteiger partial charge in [0.2, 0.25) is 0 Å². The molecule has 2 aromatic carbocycles. The average molecular weight is 315 g/mol. The van der Waals surface area contributed by atoms with Gasteiger partial charge in [-0.2, -0.15) is 0 Å². The average Bonchev–Trinajstić information content (AvgIpc) is 2.58. The Kier molecular flexibility index (Phi) is 5.73. The quantitative estimate of drug-likeness (QED) is 0.709. The second kappa shape index (κ2) is 7.76. The number of phenols is 1. The molecular formula is C18H21NO4. The van der Waals surface area contributed by atoms with Crippen molar-refractivity contribution in [2.75, 3.05) is 20.3 Å². The zero-order valence-electron chi connectivity index (χ0n) is 13.0. The van der Waals surface area contributed by atoms with Crippen molar-refractivity contribution in [1.29, 1.82) is 0 Å². The molecule has 0 aliphatic carbocycles. The van der Waals surface area contributed by atoms with Gasteiger partial charge in [-0.3, -0.25) is 0 Å². The maximum absolute atomic E-state index is 11.7. The monoisotopic (exact) mass is 315 g/mol. The highest BCUT2D eigenvalue weighted by atomic mass is 16.5. The molecular weight excluding hydrogens is 294 g/mol. The van der Waals surface area contributed by atoms with E-state index in [9.17, 15) is 15.0 Å². The van der Waals surface area contributed by atoms with Crippen molar-refractivity contribution in [3.63, 3.8) is 0 Å². The number of methoxy groups -OCH3 is 1. The molecule has 2 aromatic rings. The van der Waals surface area contributed by atoms with Crippen LogP contribution in [0.25, 0.3) is 11.1 Å². The number of ether oxygens (including phenoxy) is 1. The normalized spacial score (nSPS) is 12.0. The fraction of sp³-hybridized carbons (Fsp3) is 0.278. The molecule has 0 saturated carbocycles. The number of carbonyl (C=O) groups excluding carboxylic acids is 1. The van der Waals surface area contributed by atoms with Crippen molar-refractivity contribution in [1.82, 2.24) is 0 Å². The molecule has 1 unspecified atom stereocenters. The highest BCUT2D eigenvalue weighted by molar-refractivity contribution is 5.91. The summed E-state index contributed by atoms with van der Waals surface area (Å²) >= 11 is 0. The summed E-state index contributed by atoms with van der Waals surface area (Å²) in [6.07, 6.45) is 0.670. The minimum Gasteiger partial charge on any atom is -0.508 e. The van der Waals surface area contributed by atoms with Crippen LogP contribution in [-0.4, -0.2) is 36.4 Å². The first-order chi connectivity index (χ1) is 11.1. The molecule has 5 nitrogen and oxygen atoms in total. The summed E-state index contributed by atoms with van der Waals surface area (Å²) < 4.78 is 4.70. The minimum atomic E-state index is -0.498. The largest absolute Gasteiger partial charge is 0.508 e. The number of benzene rings is 2. The second-order valence-electron chi connectivity index (χ2n) is 5.45. The molecule has 0 aliphatic heterocycles. The lowest BCUT2D eigenvalue weighted by Crippen LogP contribution is -2.20. The molecule has 0 radical (unpaired) electrons. The lowest BCUT2D eigenvalue weighted by Gasteiger charge is -2.13. The van der Waals surface area contributed by atoms with Gasteiger partial charge in [0.1, 0.15) is 5.75 Å². The first kappa shape index (κ1) is 17.0. The molecule has 0 saturated heterocycles. The van der Waals surface area contributed by atoms with Crippen LogP contribution in [0.15, 0.2) is 42.5 Å². The Labute approximate surface area is 135 Å². The topological polar surface area (TPSA) is 92.8 Å². The number of hydrogen-bond acceptors (Lipinski definition) is 5. The third kappa shape index (κ3) is 4.31. The lowest BCUT2D eigenvalue weighted by atomic mass is 9.95. The van der Waals surface area contributed by atoms with Gasteiger partial charge in [0.25, 0.3) is 0 Å². The fourth-order valence-corrected chi connectivity index (χ4v) is 2.45. The maximum Gasteiger partial charge on any atom is 0.338 e. The zero-order chi connectivity index (χ0) is 16.8. The van der Waals surface area contributed by atoms with Gasteiger partial charge < -0.3 is 20.7 Å². The molecule has 2 rings (SSSR count). The third-order valence-corrected chi connectivity index (χ3v) is 3.72. The summed E-state index contributed by atoms with van der Waals surface area (Å²) in [5.74, 6) is -0.481. The zero-order valence-corrected chi connectivity index (χ0v) is 13.0. The first-order valence-electron chi connectivity index (χ1n) is 7.40. The SMILES string of the molecule is COC(=O)c1cc(O)cc(-c2cccc(CC(CN)CO)c2)c1. The third-order valence-electron chi connectivity index (χ3n) is 3.72. The Morgan fingerprint density at radius 3 is 2.65 bits per heavy atom. The summed E-state index contributed by atoms with van der Waals surface area (Å²) in [6.45, 7) is 0.457. The van der Waals surface area contributed by atoms with E-state index < -0.39 is 5.97 Å². The fourth-order valence-electron chi connectivity index (χ4n) is 2.45. The molecule has 5 heteroatoms. The van der Waals surface area contributed by atoms with Gasteiger partial charge in [0, 0.05) is 6.61 Å². The second-order valence-corrected chi connectivity index (χ2v) is 5.45. The van der Waals surface area contributed by atoms with Crippen molar-refractivity contribution < 1.29 is 19.7 Å².